The van der Waals surface area contributed by atoms with Crippen molar-refractivity contribution in [1.29, 1.82) is 0 Å². The van der Waals surface area contributed by atoms with Crippen LogP contribution in [0.4, 0.5) is 0 Å². The zero-order valence-corrected chi connectivity index (χ0v) is 9.73. The van der Waals surface area contributed by atoms with Gasteiger partial charge in [-0.05, 0) is 32.1 Å². The second-order valence-corrected chi connectivity index (χ2v) is 5.21. The summed E-state index contributed by atoms with van der Waals surface area (Å²) in [4.78, 5) is 0. The van der Waals surface area contributed by atoms with Gasteiger partial charge in [0.2, 0.25) is 0 Å². The van der Waals surface area contributed by atoms with Crippen LogP contribution in [0.2, 0.25) is 0 Å². The van der Waals surface area contributed by atoms with E-state index in [1.807, 2.05) is 0 Å². The maximum Gasteiger partial charge on any atom is 0.136 e. The van der Waals surface area contributed by atoms with Crippen molar-refractivity contribution in [2.75, 3.05) is 0 Å². The number of aryl methyl sites for hydroxylation is 1. The summed E-state index contributed by atoms with van der Waals surface area (Å²) >= 11 is 0. The van der Waals surface area contributed by atoms with Gasteiger partial charge in [-0.2, -0.15) is 0 Å². The van der Waals surface area contributed by atoms with Crippen molar-refractivity contribution in [3.63, 3.8) is 0 Å². The molecule has 88 valence electrons. The molecule has 2 atom stereocenters. The van der Waals surface area contributed by atoms with E-state index in [4.69, 9.17) is 5.73 Å². The van der Waals surface area contributed by atoms with Crippen molar-refractivity contribution in [3.05, 3.63) is 11.6 Å². The molecular weight excluding hydrogens is 200 g/mol. The molecule has 0 bridgehead atoms. The molecule has 1 fully saturated rings. The van der Waals surface area contributed by atoms with Crippen LogP contribution in [0, 0.1) is 0 Å². The maximum atomic E-state index is 6.05. The summed E-state index contributed by atoms with van der Waals surface area (Å²) in [5, 5.41) is 8.74. The van der Waals surface area contributed by atoms with Gasteiger partial charge in [0, 0.05) is 24.9 Å². The molecule has 1 aliphatic carbocycles. The standard InChI is InChI=1S/C12H20N4/c13-10-5-3-4-9(8-10)12-15-14-11-6-1-2-7-16(11)12/h9-10H,1-8,13H2. The minimum atomic E-state index is 0.371. The number of nitrogens with two attached hydrogens (primary N) is 1. The van der Waals surface area contributed by atoms with E-state index in [1.165, 1.54) is 43.8 Å². The van der Waals surface area contributed by atoms with Crippen LogP contribution in [-0.2, 0) is 13.0 Å². The van der Waals surface area contributed by atoms with E-state index in [1.54, 1.807) is 0 Å². The molecule has 1 aromatic heterocycles. The second-order valence-electron chi connectivity index (χ2n) is 5.21. The molecular formula is C12H20N4. The molecule has 1 saturated carbocycles. The van der Waals surface area contributed by atoms with Crippen molar-refractivity contribution in [1.82, 2.24) is 14.8 Å². The zero-order valence-electron chi connectivity index (χ0n) is 9.73. The Morgan fingerprint density at radius 2 is 2.06 bits per heavy atom. The van der Waals surface area contributed by atoms with Gasteiger partial charge in [0.05, 0.1) is 0 Å². The normalized spacial score (nSPS) is 30.1. The summed E-state index contributed by atoms with van der Waals surface area (Å²) in [6.45, 7) is 1.11. The molecule has 3 rings (SSSR count). The second kappa shape index (κ2) is 4.17. The highest BCUT2D eigenvalue weighted by molar-refractivity contribution is 5.06. The van der Waals surface area contributed by atoms with Crippen molar-refractivity contribution in [2.24, 2.45) is 5.73 Å². The topological polar surface area (TPSA) is 56.7 Å². The smallest absolute Gasteiger partial charge is 0.136 e. The first-order chi connectivity index (χ1) is 7.84. The average molecular weight is 220 g/mol. The molecule has 0 aromatic carbocycles. The molecule has 2 aliphatic rings. The minimum Gasteiger partial charge on any atom is -0.328 e. The molecule has 1 aliphatic heterocycles. The summed E-state index contributed by atoms with van der Waals surface area (Å²) in [5.74, 6) is 2.97. The largest absolute Gasteiger partial charge is 0.328 e. The SMILES string of the molecule is NC1CCCC(c2nnc3n2CCCC3)C1. The molecule has 0 spiro atoms. The van der Waals surface area contributed by atoms with Crippen LogP contribution in [0.25, 0.3) is 0 Å². The third-order valence-corrected chi connectivity index (χ3v) is 3.97. The summed E-state index contributed by atoms with van der Waals surface area (Å²) < 4.78 is 2.35. The number of hydrogen-bond acceptors (Lipinski definition) is 3. The van der Waals surface area contributed by atoms with Gasteiger partial charge in [-0.25, -0.2) is 0 Å². The lowest BCUT2D eigenvalue weighted by molar-refractivity contribution is 0.366. The van der Waals surface area contributed by atoms with Crippen molar-refractivity contribution < 1.29 is 0 Å². The molecule has 16 heavy (non-hydrogen) atoms. The summed E-state index contributed by atoms with van der Waals surface area (Å²) in [5.41, 5.74) is 6.05. The van der Waals surface area contributed by atoms with Crippen molar-refractivity contribution in [2.45, 2.75) is 63.5 Å². The molecule has 2 heterocycles. The van der Waals surface area contributed by atoms with Gasteiger partial charge in [-0.15, -0.1) is 10.2 Å². The van der Waals surface area contributed by atoms with Gasteiger partial charge in [-0.1, -0.05) is 6.42 Å². The number of fused-ring (bicyclic) bond motifs is 1. The van der Waals surface area contributed by atoms with E-state index in [-0.39, 0.29) is 0 Å². The summed E-state index contributed by atoms with van der Waals surface area (Å²) in [6, 6.07) is 0.371. The van der Waals surface area contributed by atoms with E-state index in [2.05, 4.69) is 14.8 Å². The Balaban J connectivity index is 1.85. The van der Waals surface area contributed by atoms with Crippen LogP contribution in [-0.4, -0.2) is 20.8 Å². The molecule has 4 nitrogen and oxygen atoms in total. The van der Waals surface area contributed by atoms with E-state index >= 15 is 0 Å². The Kier molecular flexibility index (Phi) is 2.67. The van der Waals surface area contributed by atoms with E-state index in [0.717, 1.165) is 19.4 Å². The Morgan fingerprint density at radius 1 is 1.12 bits per heavy atom. The third-order valence-electron chi connectivity index (χ3n) is 3.97. The number of aromatic nitrogens is 3. The van der Waals surface area contributed by atoms with Gasteiger partial charge in [-0.3, -0.25) is 0 Å². The first-order valence-electron chi connectivity index (χ1n) is 6.52. The number of nitrogens with zero attached hydrogens (tertiary/aromatic N) is 3. The molecule has 0 amide bonds. The predicted octanol–water partition coefficient (Wildman–Crippen LogP) is 1.60. The first kappa shape index (κ1) is 10.3. The molecule has 0 saturated heterocycles. The Morgan fingerprint density at radius 3 is 2.94 bits per heavy atom. The average Bonchev–Trinajstić information content (AvgIpc) is 2.72. The van der Waals surface area contributed by atoms with E-state index < -0.39 is 0 Å². The maximum absolute atomic E-state index is 6.05. The molecule has 0 radical (unpaired) electrons. The minimum absolute atomic E-state index is 0.371. The number of rotatable bonds is 1. The highest BCUT2D eigenvalue weighted by Gasteiger charge is 2.27. The molecule has 1 aromatic rings. The monoisotopic (exact) mass is 220 g/mol. The molecule has 4 heteroatoms. The fourth-order valence-electron chi connectivity index (χ4n) is 3.09. The molecule has 2 unspecified atom stereocenters. The van der Waals surface area contributed by atoms with Crippen LogP contribution < -0.4 is 5.73 Å². The zero-order chi connectivity index (χ0) is 11.0. The lowest BCUT2D eigenvalue weighted by Gasteiger charge is -2.27. The fraction of sp³-hybridized carbons (Fsp3) is 0.833. The van der Waals surface area contributed by atoms with E-state index in [0.29, 0.717) is 12.0 Å². The van der Waals surface area contributed by atoms with Gasteiger partial charge in [0.1, 0.15) is 11.6 Å². The predicted molar refractivity (Wildman–Crippen MR) is 62.1 cm³/mol. The highest BCUT2D eigenvalue weighted by atomic mass is 15.3. The summed E-state index contributed by atoms with van der Waals surface area (Å²) in [7, 11) is 0. The molecule has 2 N–H and O–H groups in total. The Hall–Kier alpha value is -0.900. The van der Waals surface area contributed by atoms with Crippen LogP contribution >= 0.6 is 0 Å². The Bertz CT molecular complexity index is 371. The van der Waals surface area contributed by atoms with Crippen LogP contribution in [0.5, 0.6) is 0 Å². The quantitative estimate of drug-likeness (QED) is 0.782. The van der Waals surface area contributed by atoms with Gasteiger partial charge in [0.25, 0.3) is 0 Å². The van der Waals surface area contributed by atoms with Gasteiger partial charge < -0.3 is 10.3 Å². The lowest BCUT2D eigenvalue weighted by Crippen LogP contribution is -2.28. The van der Waals surface area contributed by atoms with E-state index in [9.17, 15) is 0 Å². The first-order valence-corrected chi connectivity index (χ1v) is 6.52. The van der Waals surface area contributed by atoms with Gasteiger partial charge in [0.15, 0.2) is 0 Å². The lowest BCUT2D eigenvalue weighted by atomic mass is 9.85. The van der Waals surface area contributed by atoms with Gasteiger partial charge >= 0.3 is 0 Å². The van der Waals surface area contributed by atoms with Crippen LogP contribution in [0.1, 0.15) is 56.1 Å². The number of hydrogen-bond donors (Lipinski definition) is 1. The highest BCUT2D eigenvalue weighted by Crippen LogP contribution is 2.32. The Labute approximate surface area is 96.2 Å². The van der Waals surface area contributed by atoms with Crippen molar-refractivity contribution in [3.8, 4) is 0 Å². The van der Waals surface area contributed by atoms with Crippen LogP contribution in [0.15, 0.2) is 0 Å². The van der Waals surface area contributed by atoms with Crippen LogP contribution in [0.3, 0.4) is 0 Å². The summed E-state index contributed by atoms with van der Waals surface area (Å²) in [6.07, 6.45) is 8.40. The third kappa shape index (κ3) is 1.75. The van der Waals surface area contributed by atoms with Crippen molar-refractivity contribution >= 4 is 0 Å². The fourth-order valence-corrected chi connectivity index (χ4v) is 3.09.